The molecule has 2 aromatic carbocycles. The number of ether oxygens (including phenoxy) is 1. The van der Waals surface area contributed by atoms with Crippen molar-refractivity contribution in [1.29, 1.82) is 0 Å². The molecule has 31 heavy (non-hydrogen) atoms. The number of aliphatic hydroxyl groups excluding tert-OH is 1. The summed E-state index contributed by atoms with van der Waals surface area (Å²) in [5.74, 6) is 0. The maximum atomic E-state index is 12.3. The third kappa shape index (κ3) is 9.11. The summed E-state index contributed by atoms with van der Waals surface area (Å²) in [5, 5.41) is 17.0. The number of carbonyl (C=O) groups is 1. The largest absolute Gasteiger partial charge is 0.444 e. The molecule has 5 heteroatoms. The van der Waals surface area contributed by atoms with Gasteiger partial charge in [-0.2, -0.15) is 0 Å². The molecule has 1 amide bonds. The number of aliphatic hydroxyl groups is 1. The Morgan fingerprint density at radius 2 is 1.55 bits per heavy atom. The van der Waals surface area contributed by atoms with E-state index in [0.29, 0.717) is 19.5 Å². The van der Waals surface area contributed by atoms with Crippen molar-refractivity contribution < 1.29 is 14.6 Å². The summed E-state index contributed by atoms with van der Waals surface area (Å²) in [5.41, 5.74) is 3.02. The average Bonchev–Trinajstić information content (AvgIpc) is 2.66. The molecule has 0 fully saturated rings. The van der Waals surface area contributed by atoms with Gasteiger partial charge in [0, 0.05) is 13.1 Å². The minimum Gasteiger partial charge on any atom is -0.444 e. The molecule has 0 aliphatic carbocycles. The van der Waals surface area contributed by atoms with Crippen LogP contribution in [0.15, 0.2) is 54.6 Å². The van der Waals surface area contributed by atoms with Crippen molar-refractivity contribution in [2.75, 3.05) is 6.54 Å². The Bertz CT molecular complexity index is 805. The standard InChI is InChI=1S/C26H38N2O3/c1-25(2,3)21-14-12-20(13-15-21)17-27-18-23(29)22(16-19-10-8-7-9-11-19)28-24(30)31-26(4,5)6/h7-15,22-23,27,29H,16-18H2,1-6H3,(H,28,30)/t22-,23+/m0/s1. The van der Waals surface area contributed by atoms with Gasteiger partial charge in [0.1, 0.15) is 5.60 Å². The van der Waals surface area contributed by atoms with Crippen LogP contribution in [-0.2, 0) is 23.1 Å². The molecule has 0 radical (unpaired) electrons. The lowest BCUT2D eigenvalue weighted by Crippen LogP contribution is -2.49. The van der Waals surface area contributed by atoms with E-state index in [-0.39, 0.29) is 5.41 Å². The molecular formula is C26H38N2O3. The Kier molecular flexibility index (Phi) is 8.66. The Labute approximate surface area is 187 Å². The molecule has 0 bridgehead atoms. The summed E-state index contributed by atoms with van der Waals surface area (Å²) >= 11 is 0. The summed E-state index contributed by atoms with van der Waals surface area (Å²) in [7, 11) is 0. The van der Waals surface area contributed by atoms with E-state index in [4.69, 9.17) is 4.74 Å². The summed E-state index contributed by atoms with van der Waals surface area (Å²) in [4.78, 5) is 12.3. The molecule has 0 aromatic heterocycles. The Balaban J connectivity index is 1.96. The molecule has 0 aliphatic rings. The first-order valence-corrected chi connectivity index (χ1v) is 11.0. The lowest BCUT2D eigenvalue weighted by molar-refractivity contribution is 0.0422. The fourth-order valence-corrected chi connectivity index (χ4v) is 3.24. The van der Waals surface area contributed by atoms with Crippen LogP contribution in [0.2, 0.25) is 0 Å². The fourth-order valence-electron chi connectivity index (χ4n) is 3.24. The molecule has 2 atom stereocenters. The van der Waals surface area contributed by atoms with Crippen LogP contribution in [0, 0.1) is 0 Å². The van der Waals surface area contributed by atoms with Crippen LogP contribution >= 0.6 is 0 Å². The summed E-state index contributed by atoms with van der Waals surface area (Å²) < 4.78 is 5.39. The van der Waals surface area contributed by atoms with Crippen LogP contribution in [0.1, 0.15) is 58.2 Å². The normalized spacial score (nSPS) is 14.0. The molecular weight excluding hydrogens is 388 g/mol. The topological polar surface area (TPSA) is 70.6 Å². The van der Waals surface area contributed by atoms with E-state index in [0.717, 1.165) is 11.1 Å². The molecule has 170 valence electrons. The van der Waals surface area contributed by atoms with Crippen molar-refractivity contribution in [3.63, 3.8) is 0 Å². The van der Waals surface area contributed by atoms with Gasteiger partial charge in [-0.1, -0.05) is 75.4 Å². The van der Waals surface area contributed by atoms with Crippen LogP contribution in [-0.4, -0.2) is 35.5 Å². The molecule has 5 nitrogen and oxygen atoms in total. The van der Waals surface area contributed by atoms with Gasteiger partial charge in [-0.3, -0.25) is 0 Å². The zero-order valence-electron chi connectivity index (χ0n) is 19.7. The quantitative estimate of drug-likeness (QED) is 0.578. The van der Waals surface area contributed by atoms with Crippen molar-refractivity contribution in [2.45, 2.75) is 77.7 Å². The number of carbonyl (C=O) groups excluding carboxylic acids is 1. The van der Waals surface area contributed by atoms with Crippen LogP contribution in [0.25, 0.3) is 0 Å². The number of rotatable bonds is 8. The molecule has 0 unspecified atom stereocenters. The number of nitrogens with one attached hydrogen (secondary N) is 2. The van der Waals surface area contributed by atoms with Gasteiger partial charge in [-0.25, -0.2) is 4.79 Å². The maximum absolute atomic E-state index is 12.3. The second-order valence-corrected chi connectivity index (χ2v) is 10.1. The zero-order chi connectivity index (χ0) is 23.1. The first-order valence-electron chi connectivity index (χ1n) is 11.0. The van der Waals surface area contributed by atoms with Crippen molar-refractivity contribution in [3.8, 4) is 0 Å². The number of hydrogen-bond acceptors (Lipinski definition) is 4. The lowest BCUT2D eigenvalue weighted by atomic mass is 9.87. The Morgan fingerprint density at radius 3 is 2.10 bits per heavy atom. The summed E-state index contributed by atoms with van der Waals surface area (Å²) in [6, 6.07) is 17.9. The smallest absolute Gasteiger partial charge is 0.407 e. The van der Waals surface area contributed by atoms with Crippen molar-refractivity contribution in [3.05, 3.63) is 71.3 Å². The van der Waals surface area contributed by atoms with E-state index in [2.05, 4.69) is 55.7 Å². The van der Waals surface area contributed by atoms with E-state index in [1.165, 1.54) is 5.56 Å². The molecule has 0 aliphatic heterocycles. The molecule has 0 saturated carbocycles. The van der Waals surface area contributed by atoms with Crippen LogP contribution in [0.5, 0.6) is 0 Å². The third-order valence-corrected chi connectivity index (χ3v) is 4.97. The predicted octanol–water partition coefficient (Wildman–Crippen LogP) is 4.57. The van der Waals surface area contributed by atoms with E-state index < -0.39 is 23.8 Å². The van der Waals surface area contributed by atoms with Crippen molar-refractivity contribution in [2.24, 2.45) is 0 Å². The first-order chi connectivity index (χ1) is 14.4. The highest BCUT2D eigenvalue weighted by molar-refractivity contribution is 5.68. The number of alkyl carbamates (subject to hydrolysis) is 1. The zero-order valence-corrected chi connectivity index (χ0v) is 19.7. The first kappa shape index (κ1) is 24.9. The lowest BCUT2D eigenvalue weighted by Gasteiger charge is -2.27. The van der Waals surface area contributed by atoms with Crippen molar-refractivity contribution in [1.82, 2.24) is 10.6 Å². The maximum Gasteiger partial charge on any atom is 0.407 e. The van der Waals surface area contributed by atoms with Gasteiger partial charge in [0.2, 0.25) is 0 Å². The summed E-state index contributed by atoms with van der Waals surface area (Å²) in [6.07, 6.45) is -0.768. The highest BCUT2D eigenvalue weighted by Gasteiger charge is 2.25. The summed E-state index contributed by atoms with van der Waals surface area (Å²) in [6.45, 7) is 13.1. The second-order valence-electron chi connectivity index (χ2n) is 10.1. The van der Waals surface area contributed by atoms with E-state index in [1.54, 1.807) is 0 Å². The highest BCUT2D eigenvalue weighted by Crippen LogP contribution is 2.22. The van der Waals surface area contributed by atoms with Crippen LogP contribution in [0.3, 0.4) is 0 Å². The molecule has 0 spiro atoms. The molecule has 0 saturated heterocycles. The number of benzene rings is 2. The number of hydrogen-bond donors (Lipinski definition) is 3. The minimum atomic E-state index is -0.762. The van der Waals surface area contributed by atoms with Crippen LogP contribution < -0.4 is 10.6 Å². The predicted molar refractivity (Wildman–Crippen MR) is 126 cm³/mol. The third-order valence-electron chi connectivity index (χ3n) is 4.97. The SMILES string of the molecule is CC(C)(C)OC(=O)N[C@@H](Cc1ccccc1)[C@H](O)CNCc1ccc(C(C)(C)C)cc1. The number of amides is 1. The molecule has 2 aromatic rings. The van der Waals surface area contributed by atoms with Gasteiger partial charge in [0.15, 0.2) is 0 Å². The monoisotopic (exact) mass is 426 g/mol. The van der Waals surface area contributed by atoms with E-state index in [1.807, 2.05) is 51.1 Å². The average molecular weight is 427 g/mol. The Hall–Kier alpha value is -2.37. The fraction of sp³-hybridized carbons (Fsp3) is 0.500. The van der Waals surface area contributed by atoms with Gasteiger partial charge in [0.05, 0.1) is 12.1 Å². The minimum absolute atomic E-state index is 0.125. The van der Waals surface area contributed by atoms with E-state index in [9.17, 15) is 9.90 Å². The van der Waals surface area contributed by atoms with Crippen LogP contribution in [0.4, 0.5) is 4.79 Å². The molecule has 2 rings (SSSR count). The highest BCUT2D eigenvalue weighted by atomic mass is 16.6. The van der Waals surface area contributed by atoms with Crippen molar-refractivity contribution >= 4 is 6.09 Å². The Morgan fingerprint density at radius 1 is 0.935 bits per heavy atom. The van der Waals surface area contributed by atoms with Gasteiger partial charge in [0.25, 0.3) is 0 Å². The van der Waals surface area contributed by atoms with Gasteiger partial charge < -0.3 is 20.5 Å². The van der Waals surface area contributed by atoms with Gasteiger partial charge in [-0.15, -0.1) is 0 Å². The second kappa shape index (κ2) is 10.8. The van der Waals surface area contributed by atoms with E-state index >= 15 is 0 Å². The van der Waals surface area contributed by atoms with Gasteiger partial charge >= 0.3 is 6.09 Å². The molecule has 3 N–H and O–H groups in total. The molecule has 0 heterocycles. The van der Waals surface area contributed by atoms with Gasteiger partial charge in [-0.05, 0) is 49.3 Å².